The quantitative estimate of drug-likeness (QED) is 0.806. The van der Waals surface area contributed by atoms with E-state index in [4.69, 9.17) is 5.73 Å². The number of hydrogen-bond acceptors (Lipinski definition) is 4. The van der Waals surface area contributed by atoms with Crippen molar-refractivity contribution in [2.24, 2.45) is 0 Å². The Hall–Kier alpha value is -1.82. The third kappa shape index (κ3) is 1.91. The van der Waals surface area contributed by atoms with E-state index in [1.807, 2.05) is 22.9 Å². The molecule has 0 bridgehead atoms. The maximum absolute atomic E-state index is 6.10. The first-order chi connectivity index (χ1) is 9.51. The van der Waals surface area contributed by atoms with Gasteiger partial charge in [-0.05, 0) is 39.3 Å². The molecule has 0 amide bonds. The van der Waals surface area contributed by atoms with Gasteiger partial charge in [0.05, 0.1) is 12.2 Å². The topological polar surface area (TPSA) is 61.7 Å². The van der Waals surface area contributed by atoms with Crippen LogP contribution in [-0.2, 0) is 13.1 Å². The molecule has 0 saturated heterocycles. The van der Waals surface area contributed by atoms with Gasteiger partial charge >= 0.3 is 0 Å². The maximum atomic E-state index is 6.10. The fourth-order valence-electron chi connectivity index (χ4n) is 2.50. The number of aryl methyl sites for hydroxylation is 4. The maximum Gasteiger partial charge on any atom is 0.202 e. The summed E-state index contributed by atoms with van der Waals surface area (Å²) in [4.78, 5) is 7.12. The molecule has 3 aromatic heterocycles. The molecule has 0 fully saturated rings. The number of hydrogen-bond donors (Lipinski definition) is 1. The third-order valence-electron chi connectivity index (χ3n) is 3.66. The Bertz CT molecular complexity index is 758. The first kappa shape index (κ1) is 13.2. The van der Waals surface area contributed by atoms with Crippen molar-refractivity contribution >= 4 is 28.4 Å². The van der Waals surface area contributed by atoms with Crippen molar-refractivity contribution in [2.45, 2.75) is 40.8 Å². The van der Waals surface area contributed by atoms with Crippen molar-refractivity contribution in [2.75, 3.05) is 5.73 Å². The highest BCUT2D eigenvalue weighted by molar-refractivity contribution is 7.12. The summed E-state index contributed by atoms with van der Waals surface area (Å²) in [5, 5.41) is 4.52. The zero-order valence-electron chi connectivity index (χ0n) is 12.3. The van der Waals surface area contributed by atoms with Gasteiger partial charge in [-0.3, -0.25) is 4.57 Å². The minimum atomic E-state index is 0.561. The lowest BCUT2D eigenvalue weighted by Crippen LogP contribution is -2.08. The van der Waals surface area contributed by atoms with Crippen LogP contribution in [0.15, 0.2) is 6.07 Å². The van der Waals surface area contributed by atoms with Crippen LogP contribution in [0.25, 0.3) is 11.2 Å². The summed E-state index contributed by atoms with van der Waals surface area (Å²) >= 11 is 1.82. The number of rotatable bonds is 3. The number of anilines is 1. The van der Waals surface area contributed by atoms with Gasteiger partial charge in [0.15, 0.2) is 5.65 Å². The molecule has 0 aliphatic rings. The fourth-order valence-corrected chi connectivity index (χ4v) is 3.54. The number of imidazole rings is 1. The van der Waals surface area contributed by atoms with E-state index in [1.165, 1.54) is 15.3 Å². The van der Waals surface area contributed by atoms with Gasteiger partial charge in [-0.25, -0.2) is 9.67 Å². The van der Waals surface area contributed by atoms with E-state index in [0.29, 0.717) is 5.95 Å². The van der Waals surface area contributed by atoms with Crippen LogP contribution in [-0.4, -0.2) is 19.3 Å². The van der Waals surface area contributed by atoms with Gasteiger partial charge in [-0.15, -0.1) is 11.3 Å². The van der Waals surface area contributed by atoms with Gasteiger partial charge < -0.3 is 5.73 Å². The molecule has 5 nitrogen and oxygen atoms in total. The molecular weight excluding hydrogens is 270 g/mol. The highest BCUT2D eigenvalue weighted by atomic mass is 32.1. The second-order valence-corrected chi connectivity index (χ2v) is 6.42. The van der Waals surface area contributed by atoms with Gasteiger partial charge in [-0.1, -0.05) is 0 Å². The minimum absolute atomic E-state index is 0.561. The summed E-state index contributed by atoms with van der Waals surface area (Å²) in [5.41, 5.74) is 10.3. The predicted molar refractivity (Wildman–Crippen MR) is 83.2 cm³/mol. The summed E-state index contributed by atoms with van der Waals surface area (Å²) in [6.45, 7) is 9.92. The Kier molecular flexibility index (Phi) is 3.05. The average Bonchev–Trinajstić information content (AvgIpc) is 2.99. The fraction of sp³-hybridized carbons (Fsp3) is 0.429. The Labute approximate surface area is 122 Å². The molecule has 0 radical (unpaired) electrons. The van der Waals surface area contributed by atoms with Crippen molar-refractivity contribution in [1.29, 1.82) is 0 Å². The molecule has 0 aromatic carbocycles. The van der Waals surface area contributed by atoms with E-state index in [2.05, 4.69) is 41.5 Å². The SMILES string of the molecule is CCn1nc(C)c2nc(N)n(Cc3cc(C)c(C)s3)c21. The molecule has 2 N–H and O–H groups in total. The third-order valence-corrected chi connectivity index (χ3v) is 4.80. The number of nitrogens with zero attached hydrogens (tertiary/aromatic N) is 4. The zero-order chi connectivity index (χ0) is 14.4. The largest absolute Gasteiger partial charge is 0.369 e. The molecule has 20 heavy (non-hydrogen) atoms. The average molecular weight is 289 g/mol. The van der Waals surface area contributed by atoms with Crippen LogP contribution in [0.4, 0.5) is 5.95 Å². The number of nitrogens with two attached hydrogens (primary N) is 1. The Morgan fingerprint density at radius 1 is 1.30 bits per heavy atom. The van der Waals surface area contributed by atoms with E-state index < -0.39 is 0 Å². The van der Waals surface area contributed by atoms with Crippen LogP contribution in [0.2, 0.25) is 0 Å². The van der Waals surface area contributed by atoms with Crippen LogP contribution in [0.5, 0.6) is 0 Å². The highest BCUT2D eigenvalue weighted by Crippen LogP contribution is 2.26. The summed E-state index contributed by atoms with van der Waals surface area (Å²) in [6, 6.07) is 2.23. The lowest BCUT2D eigenvalue weighted by molar-refractivity contribution is 0.649. The van der Waals surface area contributed by atoms with Crippen LogP contribution in [0, 0.1) is 20.8 Å². The molecule has 0 aliphatic carbocycles. The van der Waals surface area contributed by atoms with E-state index >= 15 is 0 Å². The molecule has 0 saturated carbocycles. The van der Waals surface area contributed by atoms with Crippen LogP contribution in [0.3, 0.4) is 0 Å². The normalized spacial score (nSPS) is 11.6. The molecule has 0 unspecified atom stereocenters. The monoisotopic (exact) mass is 289 g/mol. The van der Waals surface area contributed by atoms with Gasteiger partial charge in [0.25, 0.3) is 0 Å². The molecule has 6 heteroatoms. The molecule has 106 valence electrons. The van der Waals surface area contributed by atoms with Crippen molar-refractivity contribution in [1.82, 2.24) is 19.3 Å². The summed E-state index contributed by atoms with van der Waals surface area (Å²) in [6.07, 6.45) is 0. The highest BCUT2D eigenvalue weighted by Gasteiger charge is 2.17. The second kappa shape index (κ2) is 4.63. The molecule has 0 aliphatic heterocycles. The van der Waals surface area contributed by atoms with E-state index in [0.717, 1.165) is 29.9 Å². The van der Waals surface area contributed by atoms with Crippen LogP contribution < -0.4 is 5.73 Å². The molecule has 3 rings (SSSR count). The van der Waals surface area contributed by atoms with Crippen LogP contribution in [0.1, 0.15) is 27.9 Å². The van der Waals surface area contributed by atoms with Gasteiger partial charge in [0.2, 0.25) is 5.95 Å². The van der Waals surface area contributed by atoms with E-state index in [1.54, 1.807) is 0 Å². The first-order valence-corrected chi connectivity index (χ1v) is 7.58. The standard InChI is InChI=1S/C14H19N5S/c1-5-19-13-12(9(3)17-19)16-14(15)18(13)7-11-6-8(2)10(4)20-11/h6H,5,7H2,1-4H3,(H2,15,16). The summed E-state index contributed by atoms with van der Waals surface area (Å²) in [7, 11) is 0. The molecular formula is C14H19N5S. The molecule has 3 aromatic rings. The molecule has 0 spiro atoms. The smallest absolute Gasteiger partial charge is 0.202 e. The van der Waals surface area contributed by atoms with Gasteiger partial charge in [0, 0.05) is 16.3 Å². The Balaban J connectivity index is 2.12. The van der Waals surface area contributed by atoms with Crippen molar-refractivity contribution in [3.8, 4) is 0 Å². The van der Waals surface area contributed by atoms with Gasteiger partial charge in [-0.2, -0.15) is 5.10 Å². The lowest BCUT2D eigenvalue weighted by Gasteiger charge is -2.06. The first-order valence-electron chi connectivity index (χ1n) is 6.76. The Morgan fingerprint density at radius 2 is 2.05 bits per heavy atom. The van der Waals surface area contributed by atoms with E-state index in [-0.39, 0.29) is 0 Å². The number of fused-ring (bicyclic) bond motifs is 1. The molecule has 3 heterocycles. The van der Waals surface area contributed by atoms with Crippen molar-refractivity contribution in [3.05, 3.63) is 27.1 Å². The lowest BCUT2D eigenvalue weighted by atomic mass is 10.3. The summed E-state index contributed by atoms with van der Waals surface area (Å²) in [5.74, 6) is 0.561. The van der Waals surface area contributed by atoms with Crippen molar-refractivity contribution in [3.63, 3.8) is 0 Å². The van der Waals surface area contributed by atoms with Crippen molar-refractivity contribution < 1.29 is 0 Å². The zero-order valence-corrected chi connectivity index (χ0v) is 13.1. The van der Waals surface area contributed by atoms with Crippen LogP contribution >= 0.6 is 11.3 Å². The number of aromatic nitrogens is 4. The molecule has 0 atom stereocenters. The minimum Gasteiger partial charge on any atom is -0.369 e. The number of nitrogen functional groups attached to an aromatic ring is 1. The number of thiophene rings is 1. The predicted octanol–water partition coefficient (Wildman–Crippen LogP) is 2.87. The second-order valence-electron chi connectivity index (χ2n) is 5.08. The summed E-state index contributed by atoms with van der Waals surface area (Å²) < 4.78 is 4.03. The Morgan fingerprint density at radius 3 is 2.65 bits per heavy atom. The van der Waals surface area contributed by atoms with E-state index in [9.17, 15) is 0 Å². The van der Waals surface area contributed by atoms with Gasteiger partial charge in [0.1, 0.15) is 5.52 Å².